The molecule has 12 unspecified atom stereocenters. The maximum atomic E-state index is 12.9. The van der Waals surface area contributed by atoms with E-state index < -0.39 is 86.8 Å². The summed E-state index contributed by atoms with van der Waals surface area (Å²) in [5.41, 5.74) is 0. The molecule has 0 aromatic rings. The van der Waals surface area contributed by atoms with E-state index in [1.165, 1.54) is 0 Å². The molecule has 332 valence electrons. The Kier molecular flexibility index (Phi) is 27.9. The van der Waals surface area contributed by atoms with Crippen molar-refractivity contribution in [1.29, 1.82) is 0 Å². The number of carbonyl (C=O) groups is 1. The molecule has 0 aromatic heterocycles. The molecule has 0 saturated carbocycles. The summed E-state index contributed by atoms with van der Waals surface area (Å²) in [6, 6.07) is -0.851. The Morgan fingerprint density at radius 2 is 1.17 bits per heavy atom. The van der Waals surface area contributed by atoms with E-state index in [1.807, 2.05) is 6.92 Å². The second-order valence-electron chi connectivity index (χ2n) is 14.7. The molecule has 0 aromatic carbocycles. The average molecular weight is 824 g/mol. The predicted molar refractivity (Wildman–Crippen MR) is 221 cm³/mol. The highest BCUT2D eigenvalue weighted by molar-refractivity contribution is 5.76. The van der Waals surface area contributed by atoms with Crippen LogP contribution in [0.15, 0.2) is 72.9 Å². The summed E-state index contributed by atoms with van der Waals surface area (Å²) in [7, 11) is 0. The van der Waals surface area contributed by atoms with E-state index in [2.05, 4.69) is 85.2 Å². The molecule has 0 bridgehead atoms. The van der Waals surface area contributed by atoms with E-state index in [-0.39, 0.29) is 18.9 Å². The van der Waals surface area contributed by atoms with Gasteiger partial charge in [-0.25, -0.2) is 0 Å². The van der Waals surface area contributed by atoms with Crippen LogP contribution < -0.4 is 5.32 Å². The molecule has 2 aliphatic heterocycles. The normalized spacial score (nSPS) is 29.6. The van der Waals surface area contributed by atoms with Gasteiger partial charge >= 0.3 is 0 Å². The van der Waals surface area contributed by atoms with Crippen LogP contribution in [0.25, 0.3) is 0 Å². The van der Waals surface area contributed by atoms with Gasteiger partial charge in [-0.3, -0.25) is 4.79 Å². The van der Waals surface area contributed by atoms with Crippen LogP contribution in [0.5, 0.6) is 0 Å². The molecule has 0 spiro atoms. The highest BCUT2D eigenvalue weighted by Crippen LogP contribution is 2.30. The summed E-state index contributed by atoms with van der Waals surface area (Å²) in [6.45, 7) is 2.47. The number of allylic oxidation sites excluding steroid dienone is 12. The van der Waals surface area contributed by atoms with Crippen molar-refractivity contribution in [1.82, 2.24) is 5.32 Å². The summed E-state index contributed by atoms with van der Waals surface area (Å²) in [5.74, 6) is -0.266. The number of carbonyl (C=O) groups excluding carboxylic acids is 1. The lowest BCUT2D eigenvalue weighted by molar-refractivity contribution is -0.359. The number of hydrogen-bond donors (Lipinski definition) is 9. The van der Waals surface area contributed by atoms with Gasteiger partial charge in [0.05, 0.1) is 32.0 Å². The number of amides is 1. The average Bonchev–Trinajstić information content (AvgIpc) is 3.22. The van der Waals surface area contributed by atoms with Crippen molar-refractivity contribution in [3.05, 3.63) is 72.9 Å². The van der Waals surface area contributed by atoms with Gasteiger partial charge in [0.1, 0.15) is 48.8 Å². The first-order valence-corrected chi connectivity index (χ1v) is 21.2. The molecule has 0 aliphatic carbocycles. The fraction of sp³-hybridized carbons (Fsp3) is 0.705. The molecule has 2 aliphatic rings. The Labute approximate surface area is 345 Å². The largest absolute Gasteiger partial charge is 0.394 e. The third-order valence-electron chi connectivity index (χ3n) is 9.94. The first kappa shape index (κ1) is 51.6. The molecule has 9 N–H and O–H groups in total. The van der Waals surface area contributed by atoms with Crippen molar-refractivity contribution in [3.63, 3.8) is 0 Å². The zero-order valence-electron chi connectivity index (χ0n) is 34.5. The monoisotopic (exact) mass is 824 g/mol. The van der Waals surface area contributed by atoms with E-state index in [0.29, 0.717) is 12.8 Å². The number of aliphatic hydroxyl groups is 8. The van der Waals surface area contributed by atoms with Crippen molar-refractivity contribution in [2.45, 2.75) is 177 Å². The first-order chi connectivity index (χ1) is 28.1. The minimum atomic E-state index is -1.79. The second kappa shape index (κ2) is 31.3. The Bertz CT molecular complexity index is 1250. The Morgan fingerprint density at radius 1 is 0.638 bits per heavy atom. The van der Waals surface area contributed by atoms with Crippen molar-refractivity contribution in [2.75, 3.05) is 19.8 Å². The molecule has 12 atom stereocenters. The van der Waals surface area contributed by atoms with Crippen molar-refractivity contribution >= 4 is 5.91 Å². The minimum absolute atomic E-state index is 0.242. The quantitative estimate of drug-likeness (QED) is 0.0390. The number of unbranched alkanes of at least 4 members (excludes halogenated alkanes) is 4. The maximum Gasteiger partial charge on any atom is 0.220 e. The SMILES string of the molecule is CC/C=C\C/C=C\C/C=C\C/C=C\C/C=C\C/C=C\CCCCC(=O)NC(COC1OC(CO)C(OC2OC(CO)C(O)C(O)C2O)C(O)C1O)C(O)CCCCC. The molecule has 1 amide bonds. The van der Waals surface area contributed by atoms with Gasteiger partial charge in [-0.1, -0.05) is 106 Å². The van der Waals surface area contributed by atoms with Crippen LogP contribution in [0.1, 0.15) is 104 Å². The summed E-state index contributed by atoms with van der Waals surface area (Å²) in [5, 5.41) is 85.7. The van der Waals surface area contributed by atoms with E-state index in [0.717, 1.165) is 70.6 Å². The molecule has 2 rings (SSSR count). The van der Waals surface area contributed by atoms with Gasteiger partial charge in [-0.05, 0) is 64.2 Å². The third kappa shape index (κ3) is 19.7. The summed E-state index contributed by atoms with van der Waals surface area (Å²) < 4.78 is 22.4. The van der Waals surface area contributed by atoms with Crippen LogP contribution in [0.2, 0.25) is 0 Å². The number of nitrogens with one attached hydrogen (secondary N) is 1. The fourth-order valence-corrected chi connectivity index (χ4v) is 6.41. The number of ether oxygens (including phenoxy) is 4. The van der Waals surface area contributed by atoms with E-state index in [4.69, 9.17) is 18.9 Å². The lowest BCUT2D eigenvalue weighted by Crippen LogP contribution is -2.65. The highest BCUT2D eigenvalue weighted by atomic mass is 16.7. The second-order valence-corrected chi connectivity index (χ2v) is 14.7. The molecule has 0 radical (unpaired) electrons. The molecular weight excluding hydrogens is 750 g/mol. The van der Waals surface area contributed by atoms with Crippen LogP contribution in [0.4, 0.5) is 0 Å². The summed E-state index contributed by atoms with van der Waals surface area (Å²) >= 11 is 0. The Hall–Kier alpha value is -2.57. The molecule has 2 saturated heterocycles. The van der Waals surface area contributed by atoms with Gasteiger partial charge in [-0.15, -0.1) is 0 Å². The fourth-order valence-electron chi connectivity index (χ4n) is 6.41. The van der Waals surface area contributed by atoms with E-state index >= 15 is 0 Å². The summed E-state index contributed by atoms with van der Waals surface area (Å²) in [4.78, 5) is 12.9. The maximum absolute atomic E-state index is 12.9. The molecule has 2 heterocycles. The number of aliphatic hydroxyl groups excluding tert-OH is 8. The van der Waals surface area contributed by atoms with Crippen LogP contribution in [0.3, 0.4) is 0 Å². The molecular formula is C44H73NO13. The lowest BCUT2D eigenvalue weighted by Gasteiger charge is -2.46. The topological polar surface area (TPSA) is 228 Å². The van der Waals surface area contributed by atoms with Crippen molar-refractivity contribution < 1.29 is 64.6 Å². The number of rotatable bonds is 29. The zero-order valence-corrected chi connectivity index (χ0v) is 34.5. The zero-order chi connectivity index (χ0) is 42.5. The van der Waals surface area contributed by atoms with E-state index in [9.17, 15) is 45.6 Å². The van der Waals surface area contributed by atoms with Crippen LogP contribution in [-0.4, -0.2) is 140 Å². The van der Waals surface area contributed by atoms with Crippen molar-refractivity contribution in [3.8, 4) is 0 Å². The summed E-state index contributed by atoms with van der Waals surface area (Å²) in [6.07, 6.45) is 20.3. The Morgan fingerprint density at radius 3 is 1.72 bits per heavy atom. The van der Waals surface area contributed by atoms with Gasteiger partial charge in [0.15, 0.2) is 12.6 Å². The minimum Gasteiger partial charge on any atom is -0.394 e. The molecule has 14 heteroatoms. The van der Waals surface area contributed by atoms with Gasteiger partial charge in [0.25, 0.3) is 0 Å². The first-order valence-electron chi connectivity index (χ1n) is 21.2. The van der Waals surface area contributed by atoms with Gasteiger partial charge in [0.2, 0.25) is 5.91 Å². The molecule has 2 fully saturated rings. The number of hydrogen-bond acceptors (Lipinski definition) is 13. The van der Waals surface area contributed by atoms with Crippen molar-refractivity contribution in [2.24, 2.45) is 0 Å². The molecule has 14 nitrogen and oxygen atoms in total. The Balaban J connectivity index is 1.77. The highest BCUT2D eigenvalue weighted by Gasteiger charge is 2.50. The third-order valence-corrected chi connectivity index (χ3v) is 9.94. The van der Waals surface area contributed by atoms with E-state index in [1.54, 1.807) is 0 Å². The molecule has 58 heavy (non-hydrogen) atoms. The van der Waals surface area contributed by atoms with Crippen LogP contribution in [-0.2, 0) is 23.7 Å². The standard InChI is InChI=1S/C44H73NO13/c1-3-5-7-8-9-10-11-12-13-14-15-16-17-18-19-20-21-22-23-24-26-28-36(49)45-32(33(48)27-25-6-4-2)31-55-43-41(54)39(52)42(35(30-47)57-43)58-44-40(53)38(51)37(50)34(29-46)56-44/h5,7,9-10,12-13,15-16,18-19,21-22,32-35,37-44,46-48,50-54H,3-4,6,8,11,14,17,20,23-31H2,1-2H3,(H,45,49)/b7-5-,10-9-,13-12-,16-15-,19-18-,22-21-. The van der Waals surface area contributed by atoms with Crippen LogP contribution >= 0.6 is 0 Å². The predicted octanol–water partition coefficient (Wildman–Crippen LogP) is 3.31. The van der Waals surface area contributed by atoms with Gasteiger partial charge in [0, 0.05) is 6.42 Å². The van der Waals surface area contributed by atoms with Crippen LogP contribution in [0, 0.1) is 0 Å². The lowest BCUT2D eigenvalue weighted by atomic mass is 9.97. The van der Waals surface area contributed by atoms with Gasteiger partial charge in [-0.2, -0.15) is 0 Å². The smallest absolute Gasteiger partial charge is 0.220 e. The van der Waals surface area contributed by atoms with Gasteiger partial charge < -0.3 is 65.1 Å².